The predicted molar refractivity (Wildman–Crippen MR) is 131 cm³/mol. The Balaban J connectivity index is 1.43. The zero-order valence-corrected chi connectivity index (χ0v) is 21.3. The standard InChI is InChI=1S/C24H36ClFN6O4/c25-24-28-20(13-27-23(34)18(14-31(35)16-33)12-17-4-1-2-5-17)21(26)22(29-24)32-7-3-6-19(32)15-30-8-10-36-11-9-30/h16-19,35H,1-15H2,(H,27,34)/t18-,19-/m1/s1. The predicted octanol–water partition coefficient (Wildman–Crippen LogP) is 2.23. The van der Waals surface area contributed by atoms with Crippen molar-refractivity contribution in [2.45, 2.75) is 57.5 Å². The van der Waals surface area contributed by atoms with Crippen molar-refractivity contribution in [1.82, 2.24) is 25.2 Å². The van der Waals surface area contributed by atoms with Gasteiger partial charge in [-0.1, -0.05) is 25.7 Å². The average molecular weight is 527 g/mol. The molecule has 0 spiro atoms. The topological polar surface area (TPSA) is 111 Å². The van der Waals surface area contributed by atoms with Gasteiger partial charge in [0.2, 0.25) is 17.6 Å². The smallest absolute Gasteiger partial charge is 0.233 e. The van der Waals surface area contributed by atoms with Crippen LogP contribution in [0.1, 0.15) is 50.6 Å². The highest BCUT2D eigenvalue weighted by Gasteiger charge is 2.32. The van der Waals surface area contributed by atoms with Crippen molar-refractivity contribution in [3.05, 3.63) is 16.8 Å². The third kappa shape index (κ3) is 7.02. The Bertz CT molecular complexity index is 900. The van der Waals surface area contributed by atoms with Gasteiger partial charge in [0.25, 0.3) is 0 Å². The number of anilines is 1. The van der Waals surface area contributed by atoms with Crippen molar-refractivity contribution in [2.24, 2.45) is 11.8 Å². The van der Waals surface area contributed by atoms with E-state index in [1.807, 2.05) is 4.90 Å². The molecule has 10 nitrogen and oxygen atoms in total. The summed E-state index contributed by atoms with van der Waals surface area (Å²) < 4.78 is 21.0. The lowest BCUT2D eigenvalue weighted by molar-refractivity contribution is -0.155. The molecule has 200 valence electrons. The maximum atomic E-state index is 15.6. The summed E-state index contributed by atoms with van der Waals surface area (Å²) >= 11 is 6.19. The van der Waals surface area contributed by atoms with Crippen LogP contribution in [0.15, 0.2) is 0 Å². The van der Waals surface area contributed by atoms with Crippen molar-refractivity contribution >= 4 is 29.7 Å². The first-order valence-electron chi connectivity index (χ1n) is 12.9. The SMILES string of the molecule is O=CN(O)C[C@@H](CC1CCCC1)C(=O)NCc1nc(Cl)nc(N2CCC[C@@H]2CN2CCOCC2)c1F. The highest BCUT2D eigenvalue weighted by atomic mass is 35.5. The molecule has 12 heteroatoms. The third-order valence-corrected chi connectivity index (χ3v) is 7.69. The fourth-order valence-corrected chi connectivity index (χ4v) is 5.82. The largest absolute Gasteiger partial charge is 0.379 e. The normalized spacial score (nSPS) is 22.1. The number of morpholine rings is 1. The van der Waals surface area contributed by atoms with Gasteiger partial charge in [0.15, 0.2) is 11.6 Å². The molecule has 0 radical (unpaired) electrons. The maximum Gasteiger partial charge on any atom is 0.233 e. The van der Waals surface area contributed by atoms with Crippen molar-refractivity contribution in [3.8, 4) is 0 Å². The number of nitrogens with zero attached hydrogens (tertiary/aromatic N) is 5. The number of ether oxygens (including phenoxy) is 1. The van der Waals surface area contributed by atoms with Gasteiger partial charge in [-0.15, -0.1) is 0 Å². The second-order valence-corrected chi connectivity index (χ2v) is 10.3. The number of nitrogens with one attached hydrogen (secondary N) is 1. The van der Waals surface area contributed by atoms with Crippen molar-refractivity contribution in [2.75, 3.05) is 50.8 Å². The molecule has 36 heavy (non-hydrogen) atoms. The Hall–Kier alpha value is -2.08. The molecule has 2 aliphatic heterocycles. The highest BCUT2D eigenvalue weighted by Crippen LogP contribution is 2.31. The number of hydrogen-bond acceptors (Lipinski definition) is 8. The first kappa shape index (κ1) is 27.0. The summed E-state index contributed by atoms with van der Waals surface area (Å²) in [6, 6.07) is 0.112. The molecule has 1 saturated carbocycles. The van der Waals surface area contributed by atoms with Crippen molar-refractivity contribution in [3.63, 3.8) is 0 Å². The van der Waals surface area contributed by atoms with Crippen LogP contribution in [0.3, 0.4) is 0 Å². The molecule has 1 aromatic rings. The minimum atomic E-state index is -0.598. The Morgan fingerprint density at radius 3 is 2.69 bits per heavy atom. The van der Waals surface area contributed by atoms with Crippen LogP contribution in [0, 0.1) is 17.7 Å². The second-order valence-electron chi connectivity index (χ2n) is 10.0. The molecule has 1 aromatic heterocycles. The van der Waals surface area contributed by atoms with Crippen LogP contribution in [-0.4, -0.2) is 89.4 Å². The van der Waals surface area contributed by atoms with E-state index in [4.69, 9.17) is 16.3 Å². The first-order chi connectivity index (χ1) is 17.4. The summed E-state index contributed by atoms with van der Waals surface area (Å²) in [5.74, 6) is -1.00. The van der Waals surface area contributed by atoms with Gasteiger partial charge in [-0.3, -0.25) is 19.7 Å². The van der Waals surface area contributed by atoms with E-state index in [0.717, 1.165) is 58.2 Å². The maximum absolute atomic E-state index is 15.6. The van der Waals surface area contributed by atoms with Crippen LogP contribution in [0.4, 0.5) is 10.2 Å². The van der Waals surface area contributed by atoms with Crippen molar-refractivity contribution in [1.29, 1.82) is 0 Å². The van der Waals surface area contributed by atoms with Crippen molar-refractivity contribution < 1.29 is 23.9 Å². The van der Waals surface area contributed by atoms with Crippen LogP contribution in [0.25, 0.3) is 0 Å². The molecule has 4 rings (SSSR count). The molecule has 1 aliphatic carbocycles. The van der Waals surface area contributed by atoms with E-state index >= 15 is 4.39 Å². The zero-order valence-electron chi connectivity index (χ0n) is 20.6. The zero-order chi connectivity index (χ0) is 25.5. The number of carbonyl (C=O) groups is 2. The highest BCUT2D eigenvalue weighted by molar-refractivity contribution is 6.28. The van der Waals surface area contributed by atoms with Gasteiger partial charge >= 0.3 is 0 Å². The number of aromatic nitrogens is 2. The molecule has 3 heterocycles. The van der Waals surface area contributed by atoms with Gasteiger partial charge < -0.3 is 15.0 Å². The summed E-state index contributed by atoms with van der Waals surface area (Å²) in [4.78, 5) is 36.4. The summed E-state index contributed by atoms with van der Waals surface area (Å²) in [5.41, 5.74) is 0.0197. The van der Waals surface area contributed by atoms with Gasteiger partial charge in [-0.25, -0.2) is 14.4 Å². The van der Waals surface area contributed by atoms with Gasteiger partial charge in [0, 0.05) is 32.2 Å². The molecule has 2 atom stereocenters. The molecule has 3 fully saturated rings. The van der Waals surface area contributed by atoms with Crippen LogP contribution < -0.4 is 10.2 Å². The lowest BCUT2D eigenvalue weighted by Gasteiger charge is -2.33. The monoisotopic (exact) mass is 526 g/mol. The Kier molecular flexibility index (Phi) is 9.69. The van der Waals surface area contributed by atoms with Crippen LogP contribution in [-0.2, 0) is 20.9 Å². The number of amides is 2. The van der Waals surface area contributed by atoms with Gasteiger partial charge in [-0.2, -0.15) is 4.98 Å². The number of hydroxylamine groups is 2. The van der Waals surface area contributed by atoms with E-state index in [9.17, 15) is 14.8 Å². The third-order valence-electron chi connectivity index (χ3n) is 7.52. The Labute approximate surface area is 216 Å². The van der Waals surface area contributed by atoms with E-state index in [1.165, 1.54) is 0 Å². The number of halogens is 2. The summed E-state index contributed by atoms with van der Waals surface area (Å²) in [5, 5.41) is 12.8. The fourth-order valence-electron chi connectivity index (χ4n) is 5.64. The minimum absolute atomic E-state index is 0.0197. The summed E-state index contributed by atoms with van der Waals surface area (Å²) in [6.45, 7) is 4.31. The summed E-state index contributed by atoms with van der Waals surface area (Å²) in [6.07, 6.45) is 6.99. The molecule has 2 N–H and O–H groups in total. The van der Waals surface area contributed by atoms with E-state index in [0.29, 0.717) is 37.2 Å². The van der Waals surface area contributed by atoms with E-state index in [-0.39, 0.29) is 48.2 Å². The average Bonchev–Trinajstić information content (AvgIpc) is 3.56. The van der Waals surface area contributed by atoms with Crippen LogP contribution >= 0.6 is 11.6 Å². The fraction of sp³-hybridized carbons (Fsp3) is 0.750. The van der Waals surface area contributed by atoms with E-state index in [1.54, 1.807) is 0 Å². The molecular weight excluding hydrogens is 491 g/mol. The van der Waals surface area contributed by atoms with E-state index < -0.39 is 11.7 Å². The van der Waals surface area contributed by atoms with Gasteiger partial charge in [0.05, 0.1) is 32.2 Å². The number of hydrogen-bond donors (Lipinski definition) is 2. The molecule has 0 bridgehead atoms. The second kappa shape index (κ2) is 12.9. The van der Waals surface area contributed by atoms with Gasteiger partial charge in [0.1, 0.15) is 5.69 Å². The molecule has 0 aromatic carbocycles. The molecule has 3 aliphatic rings. The lowest BCUT2D eigenvalue weighted by atomic mass is 9.92. The minimum Gasteiger partial charge on any atom is -0.379 e. The number of rotatable bonds is 11. The lowest BCUT2D eigenvalue weighted by Crippen LogP contribution is -2.45. The van der Waals surface area contributed by atoms with E-state index in [2.05, 4.69) is 20.2 Å². The first-order valence-corrected chi connectivity index (χ1v) is 13.3. The Morgan fingerprint density at radius 2 is 1.97 bits per heavy atom. The number of carbonyl (C=O) groups excluding carboxylic acids is 2. The molecule has 2 saturated heterocycles. The molecular formula is C24H36ClFN6O4. The van der Waals surface area contributed by atoms with Crippen LogP contribution in [0.2, 0.25) is 5.28 Å². The quantitative estimate of drug-likeness (QED) is 0.195. The Morgan fingerprint density at radius 1 is 1.22 bits per heavy atom. The van der Waals surface area contributed by atoms with Gasteiger partial charge in [-0.05, 0) is 36.8 Å². The summed E-state index contributed by atoms with van der Waals surface area (Å²) in [7, 11) is 0. The van der Waals surface area contributed by atoms with Crippen LogP contribution in [0.5, 0.6) is 0 Å². The molecule has 0 unspecified atom stereocenters. The molecule has 2 amide bonds.